The molecule has 1 aliphatic rings. The molecule has 0 spiro atoms. The molecule has 0 amide bonds. The van der Waals surface area contributed by atoms with Gasteiger partial charge in [-0.1, -0.05) is 36.4 Å². The van der Waals surface area contributed by atoms with Crippen molar-refractivity contribution in [3.63, 3.8) is 0 Å². The molecule has 0 bridgehead atoms. The summed E-state index contributed by atoms with van der Waals surface area (Å²) in [5, 5.41) is 3.25. The Hall–Kier alpha value is -1.81. The zero-order chi connectivity index (χ0) is 13.5. The molecule has 0 aliphatic carbocycles. The molecule has 1 N–H and O–H groups in total. The molecule has 0 fully saturated rings. The average molecular weight is 263 g/mol. The second-order valence-corrected chi connectivity index (χ2v) is 4.64. The second-order valence-electron chi connectivity index (χ2n) is 4.64. The first-order valence-corrected chi connectivity index (χ1v) is 6.04. The standard InChI is InChI=1S/C15H12F3N/c16-15(17,18)12-6-3-5-10(8-12)14-13-7-2-1-4-11(13)9-19-14/h1-8,14,19H,9H2. The fourth-order valence-electron chi connectivity index (χ4n) is 2.49. The summed E-state index contributed by atoms with van der Waals surface area (Å²) in [4.78, 5) is 0. The SMILES string of the molecule is FC(F)(F)c1cccc(C2NCc3ccccc32)c1. The van der Waals surface area contributed by atoms with Crippen molar-refractivity contribution in [2.24, 2.45) is 0 Å². The molecular formula is C15H12F3N. The highest BCUT2D eigenvalue weighted by Gasteiger charge is 2.32. The molecule has 2 aromatic carbocycles. The number of fused-ring (bicyclic) bond motifs is 1. The largest absolute Gasteiger partial charge is 0.416 e. The van der Waals surface area contributed by atoms with Gasteiger partial charge in [0.1, 0.15) is 0 Å². The predicted octanol–water partition coefficient (Wildman–Crippen LogP) is 3.90. The van der Waals surface area contributed by atoms with Crippen LogP contribution in [0, 0.1) is 0 Å². The summed E-state index contributed by atoms with van der Waals surface area (Å²) in [6.45, 7) is 0.692. The molecule has 3 rings (SSSR count). The van der Waals surface area contributed by atoms with Crippen molar-refractivity contribution in [2.45, 2.75) is 18.8 Å². The summed E-state index contributed by atoms with van der Waals surface area (Å²) in [6.07, 6.45) is -4.30. The van der Waals surface area contributed by atoms with Crippen LogP contribution in [-0.2, 0) is 12.7 Å². The van der Waals surface area contributed by atoms with Gasteiger partial charge in [0.05, 0.1) is 11.6 Å². The molecule has 4 heteroatoms. The summed E-state index contributed by atoms with van der Waals surface area (Å²) in [7, 11) is 0. The molecule has 0 radical (unpaired) electrons. The van der Waals surface area contributed by atoms with Crippen molar-refractivity contribution < 1.29 is 13.2 Å². The second kappa shape index (κ2) is 4.38. The van der Waals surface area contributed by atoms with Crippen molar-refractivity contribution in [2.75, 3.05) is 0 Å². The Bertz CT molecular complexity index is 604. The van der Waals surface area contributed by atoms with Gasteiger partial charge in [0.25, 0.3) is 0 Å². The molecule has 0 saturated carbocycles. The number of hydrogen-bond donors (Lipinski definition) is 1. The van der Waals surface area contributed by atoms with Gasteiger partial charge >= 0.3 is 6.18 Å². The van der Waals surface area contributed by atoms with E-state index >= 15 is 0 Å². The van der Waals surface area contributed by atoms with E-state index in [-0.39, 0.29) is 6.04 Å². The van der Waals surface area contributed by atoms with E-state index in [1.54, 1.807) is 6.07 Å². The lowest BCUT2D eigenvalue weighted by molar-refractivity contribution is -0.137. The van der Waals surface area contributed by atoms with Crippen molar-refractivity contribution in [3.8, 4) is 0 Å². The molecule has 98 valence electrons. The maximum absolute atomic E-state index is 12.7. The van der Waals surface area contributed by atoms with Gasteiger partial charge in [-0.15, -0.1) is 0 Å². The minimum absolute atomic E-state index is 0.154. The Kier molecular flexibility index (Phi) is 2.82. The molecule has 2 aromatic rings. The van der Waals surface area contributed by atoms with E-state index in [2.05, 4.69) is 5.32 Å². The number of alkyl halides is 3. The number of hydrogen-bond acceptors (Lipinski definition) is 1. The first kappa shape index (κ1) is 12.2. The van der Waals surface area contributed by atoms with E-state index in [0.717, 1.165) is 17.2 Å². The Morgan fingerprint density at radius 3 is 2.58 bits per heavy atom. The van der Waals surface area contributed by atoms with Gasteiger partial charge in [-0.05, 0) is 28.8 Å². The van der Waals surface area contributed by atoms with Crippen LogP contribution in [0.5, 0.6) is 0 Å². The maximum Gasteiger partial charge on any atom is 0.416 e. The Morgan fingerprint density at radius 1 is 1.00 bits per heavy atom. The van der Waals surface area contributed by atoms with Crippen LogP contribution in [0.3, 0.4) is 0 Å². The molecule has 1 unspecified atom stereocenters. The average Bonchev–Trinajstić information content (AvgIpc) is 2.82. The zero-order valence-electron chi connectivity index (χ0n) is 10.0. The Morgan fingerprint density at radius 2 is 1.79 bits per heavy atom. The summed E-state index contributed by atoms with van der Waals surface area (Å²) in [6, 6.07) is 13.2. The molecule has 1 nitrogen and oxygen atoms in total. The lowest BCUT2D eigenvalue weighted by Gasteiger charge is -2.15. The minimum Gasteiger partial charge on any atom is -0.302 e. The first-order chi connectivity index (χ1) is 9.05. The van der Waals surface area contributed by atoms with Gasteiger partial charge in [0.15, 0.2) is 0 Å². The van der Waals surface area contributed by atoms with Crippen molar-refractivity contribution in [1.82, 2.24) is 5.32 Å². The van der Waals surface area contributed by atoms with Crippen LogP contribution in [0.1, 0.15) is 28.3 Å². The highest BCUT2D eigenvalue weighted by molar-refractivity contribution is 5.42. The maximum atomic E-state index is 12.7. The van der Waals surface area contributed by atoms with Crippen LogP contribution < -0.4 is 5.32 Å². The van der Waals surface area contributed by atoms with Crippen LogP contribution in [0.2, 0.25) is 0 Å². The van der Waals surface area contributed by atoms with Gasteiger partial charge in [-0.3, -0.25) is 0 Å². The smallest absolute Gasteiger partial charge is 0.302 e. The van der Waals surface area contributed by atoms with E-state index in [9.17, 15) is 13.2 Å². The molecule has 1 aliphatic heterocycles. The summed E-state index contributed by atoms with van der Waals surface area (Å²) in [5.41, 5.74) is 2.25. The third kappa shape index (κ3) is 2.24. The molecule has 1 heterocycles. The monoisotopic (exact) mass is 263 g/mol. The Balaban J connectivity index is 2.01. The van der Waals surface area contributed by atoms with Gasteiger partial charge < -0.3 is 5.32 Å². The van der Waals surface area contributed by atoms with Crippen molar-refractivity contribution in [1.29, 1.82) is 0 Å². The van der Waals surface area contributed by atoms with Crippen LogP contribution in [0.25, 0.3) is 0 Å². The number of rotatable bonds is 1. The van der Waals surface area contributed by atoms with Gasteiger partial charge in [0.2, 0.25) is 0 Å². The van der Waals surface area contributed by atoms with E-state index in [1.807, 2.05) is 24.3 Å². The molecule has 1 atom stereocenters. The number of benzene rings is 2. The van der Waals surface area contributed by atoms with E-state index in [4.69, 9.17) is 0 Å². The van der Waals surface area contributed by atoms with Crippen molar-refractivity contribution >= 4 is 0 Å². The Labute approximate surface area is 109 Å². The summed E-state index contributed by atoms with van der Waals surface area (Å²) < 4.78 is 38.2. The van der Waals surface area contributed by atoms with Crippen LogP contribution in [0.4, 0.5) is 13.2 Å². The van der Waals surface area contributed by atoms with Crippen LogP contribution in [-0.4, -0.2) is 0 Å². The third-order valence-corrected chi connectivity index (χ3v) is 3.41. The van der Waals surface area contributed by atoms with Gasteiger partial charge in [-0.25, -0.2) is 0 Å². The number of nitrogens with one attached hydrogen (secondary N) is 1. The molecule has 0 aromatic heterocycles. The van der Waals surface area contributed by atoms with E-state index < -0.39 is 11.7 Å². The highest BCUT2D eigenvalue weighted by Crippen LogP contribution is 2.34. The van der Waals surface area contributed by atoms with E-state index in [1.165, 1.54) is 12.1 Å². The fraction of sp³-hybridized carbons (Fsp3) is 0.200. The lowest BCUT2D eigenvalue weighted by Crippen LogP contribution is -2.14. The fourth-order valence-corrected chi connectivity index (χ4v) is 2.49. The molecule has 19 heavy (non-hydrogen) atoms. The van der Waals surface area contributed by atoms with Crippen molar-refractivity contribution in [3.05, 3.63) is 70.8 Å². The van der Waals surface area contributed by atoms with Crippen LogP contribution in [0.15, 0.2) is 48.5 Å². The summed E-state index contributed by atoms with van der Waals surface area (Å²) >= 11 is 0. The predicted molar refractivity (Wildman–Crippen MR) is 66.6 cm³/mol. The van der Waals surface area contributed by atoms with E-state index in [0.29, 0.717) is 12.1 Å². The quantitative estimate of drug-likeness (QED) is 0.822. The number of halogens is 3. The lowest BCUT2D eigenvalue weighted by atomic mass is 9.97. The van der Waals surface area contributed by atoms with Gasteiger partial charge in [-0.2, -0.15) is 13.2 Å². The van der Waals surface area contributed by atoms with Crippen LogP contribution >= 0.6 is 0 Å². The van der Waals surface area contributed by atoms with Gasteiger partial charge in [0, 0.05) is 6.54 Å². The topological polar surface area (TPSA) is 12.0 Å². The summed E-state index contributed by atoms with van der Waals surface area (Å²) in [5.74, 6) is 0. The minimum atomic E-state index is -4.30. The third-order valence-electron chi connectivity index (χ3n) is 3.41. The first-order valence-electron chi connectivity index (χ1n) is 6.04. The zero-order valence-corrected chi connectivity index (χ0v) is 10.0. The molecule has 0 saturated heterocycles. The normalized spacial score (nSPS) is 18.4. The highest BCUT2D eigenvalue weighted by atomic mass is 19.4. The molecular weight excluding hydrogens is 251 g/mol.